The van der Waals surface area contributed by atoms with Crippen LogP contribution in [-0.4, -0.2) is 43.1 Å². The Kier molecular flexibility index (Phi) is 7.43. The minimum atomic E-state index is -1.87. The molecule has 142 valence electrons. The topological polar surface area (TPSA) is 105 Å². The number of aldehydes is 1. The molecule has 3 N–H and O–H groups in total. The molecule has 2 aromatic rings. The average Bonchev–Trinajstić information content (AvgIpc) is 2.61. The maximum Gasteiger partial charge on any atom is 0.489 e. The van der Waals surface area contributed by atoms with Gasteiger partial charge in [-0.1, -0.05) is 6.07 Å². The highest BCUT2D eigenvalue weighted by Crippen LogP contribution is 2.33. The second-order valence-electron chi connectivity index (χ2n) is 5.53. The molecule has 2 rings (SSSR count). The molecular weight excluding hydrogens is 485 g/mol. The van der Waals surface area contributed by atoms with Gasteiger partial charge in [-0.3, -0.25) is 9.59 Å². The standard InChI is InChI=1S/C17H16BBr2NO6/c1-9-5-12(19)16(13(20)6-9)21-15(23)8-27-17-10(7-22)11(18(24)25)3-4-14(17)26-2/h3-7,24-25H,8H2,1-2H3,(H,21,23). The Morgan fingerprint density at radius 1 is 1.26 bits per heavy atom. The van der Waals surface area contributed by atoms with Crippen LogP contribution in [0.2, 0.25) is 0 Å². The average molecular weight is 501 g/mol. The quantitative estimate of drug-likeness (QED) is 0.397. The maximum atomic E-state index is 12.3. The van der Waals surface area contributed by atoms with Crippen molar-refractivity contribution >= 4 is 62.3 Å². The van der Waals surface area contributed by atoms with Crippen molar-refractivity contribution in [1.29, 1.82) is 0 Å². The highest BCUT2D eigenvalue weighted by Gasteiger charge is 2.23. The molecule has 0 aliphatic heterocycles. The number of amides is 1. The molecule has 0 bridgehead atoms. The molecule has 0 saturated heterocycles. The van der Waals surface area contributed by atoms with Gasteiger partial charge in [-0.2, -0.15) is 0 Å². The molecule has 0 aliphatic carbocycles. The van der Waals surface area contributed by atoms with Crippen LogP contribution in [0.15, 0.2) is 33.2 Å². The number of nitrogens with one attached hydrogen (secondary N) is 1. The van der Waals surface area contributed by atoms with Gasteiger partial charge in [0.05, 0.1) is 18.4 Å². The van der Waals surface area contributed by atoms with Gasteiger partial charge in [0, 0.05) is 8.95 Å². The van der Waals surface area contributed by atoms with Gasteiger partial charge < -0.3 is 24.8 Å². The third kappa shape index (κ3) is 5.10. The molecule has 1 amide bonds. The van der Waals surface area contributed by atoms with Crippen LogP contribution >= 0.6 is 31.9 Å². The van der Waals surface area contributed by atoms with Crippen molar-refractivity contribution in [1.82, 2.24) is 0 Å². The van der Waals surface area contributed by atoms with Crippen molar-refractivity contribution in [2.75, 3.05) is 19.0 Å². The summed E-state index contributed by atoms with van der Waals surface area (Å²) >= 11 is 6.77. The number of methoxy groups -OCH3 is 1. The lowest BCUT2D eigenvalue weighted by molar-refractivity contribution is -0.118. The lowest BCUT2D eigenvalue weighted by Gasteiger charge is -2.16. The second kappa shape index (κ2) is 9.36. The van der Waals surface area contributed by atoms with Crippen LogP contribution in [0.4, 0.5) is 5.69 Å². The lowest BCUT2D eigenvalue weighted by atomic mass is 9.77. The fourth-order valence-corrected chi connectivity index (χ4v) is 4.00. The lowest BCUT2D eigenvalue weighted by Crippen LogP contribution is -2.33. The van der Waals surface area contributed by atoms with Gasteiger partial charge in [-0.15, -0.1) is 0 Å². The Hall–Kier alpha value is -1.88. The summed E-state index contributed by atoms with van der Waals surface area (Å²) in [5.41, 5.74) is 1.39. The molecule has 0 spiro atoms. The van der Waals surface area contributed by atoms with Gasteiger partial charge in [-0.25, -0.2) is 0 Å². The van der Waals surface area contributed by atoms with E-state index in [2.05, 4.69) is 37.2 Å². The Morgan fingerprint density at radius 2 is 1.89 bits per heavy atom. The van der Waals surface area contributed by atoms with E-state index in [4.69, 9.17) is 9.47 Å². The number of carbonyl (C=O) groups is 2. The van der Waals surface area contributed by atoms with E-state index in [9.17, 15) is 19.6 Å². The number of ether oxygens (including phenoxy) is 2. The first-order chi connectivity index (χ1) is 12.8. The fourth-order valence-electron chi connectivity index (χ4n) is 2.38. The predicted octanol–water partition coefficient (Wildman–Crippen LogP) is 2.04. The van der Waals surface area contributed by atoms with Gasteiger partial charge in [0.15, 0.2) is 24.4 Å². The minimum absolute atomic E-state index is 0.0460. The smallest absolute Gasteiger partial charge is 0.489 e. The van der Waals surface area contributed by atoms with Crippen LogP contribution < -0.4 is 20.3 Å². The monoisotopic (exact) mass is 499 g/mol. The first-order valence-corrected chi connectivity index (χ1v) is 9.27. The van der Waals surface area contributed by atoms with E-state index in [1.54, 1.807) is 0 Å². The molecule has 10 heteroatoms. The third-order valence-corrected chi connectivity index (χ3v) is 4.86. The van der Waals surface area contributed by atoms with Crippen molar-refractivity contribution in [2.24, 2.45) is 0 Å². The van der Waals surface area contributed by atoms with E-state index in [0.717, 1.165) is 5.56 Å². The van der Waals surface area contributed by atoms with Crippen LogP contribution in [0, 0.1) is 6.92 Å². The van der Waals surface area contributed by atoms with E-state index >= 15 is 0 Å². The van der Waals surface area contributed by atoms with Gasteiger partial charge in [0.2, 0.25) is 0 Å². The number of rotatable bonds is 7. The Balaban J connectivity index is 2.22. The van der Waals surface area contributed by atoms with Gasteiger partial charge in [-0.05, 0) is 68.0 Å². The van der Waals surface area contributed by atoms with Crippen molar-refractivity contribution < 1.29 is 29.1 Å². The van der Waals surface area contributed by atoms with Crippen molar-refractivity contribution in [2.45, 2.75) is 6.92 Å². The molecule has 27 heavy (non-hydrogen) atoms. The number of carbonyl (C=O) groups excluding carboxylic acids is 2. The number of hydrogen-bond donors (Lipinski definition) is 3. The van der Waals surface area contributed by atoms with Gasteiger partial charge in [0.25, 0.3) is 5.91 Å². The van der Waals surface area contributed by atoms with Gasteiger partial charge >= 0.3 is 7.12 Å². The molecule has 0 saturated carbocycles. The summed E-state index contributed by atoms with van der Waals surface area (Å²) in [5, 5.41) is 21.5. The molecule has 0 atom stereocenters. The SMILES string of the molecule is COc1ccc(B(O)O)c(C=O)c1OCC(=O)Nc1c(Br)cc(C)cc1Br. The molecule has 7 nitrogen and oxygen atoms in total. The first-order valence-electron chi connectivity index (χ1n) is 7.69. The number of halogens is 2. The van der Waals surface area contributed by atoms with E-state index in [1.165, 1.54) is 19.2 Å². The van der Waals surface area contributed by atoms with Crippen LogP contribution in [0.25, 0.3) is 0 Å². The Bertz CT molecular complexity index is 852. The van der Waals surface area contributed by atoms with E-state index in [-0.39, 0.29) is 22.5 Å². The highest BCUT2D eigenvalue weighted by atomic mass is 79.9. The summed E-state index contributed by atoms with van der Waals surface area (Å²) < 4.78 is 12.0. The van der Waals surface area contributed by atoms with Crippen LogP contribution in [0.1, 0.15) is 15.9 Å². The van der Waals surface area contributed by atoms with E-state index in [0.29, 0.717) is 20.9 Å². The minimum Gasteiger partial charge on any atom is -0.493 e. The summed E-state index contributed by atoms with van der Waals surface area (Å²) in [7, 11) is -0.501. The maximum absolute atomic E-state index is 12.3. The normalized spacial score (nSPS) is 10.3. The van der Waals surface area contributed by atoms with Crippen molar-refractivity contribution in [3.05, 3.63) is 44.3 Å². The summed E-state index contributed by atoms with van der Waals surface area (Å²) in [6, 6.07) is 6.45. The highest BCUT2D eigenvalue weighted by molar-refractivity contribution is 9.11. The van der Waals surface area contributed by atoms with E-state index in [1.807, 2.05) is 19.1 Å². The molecule has 0 aliphatic rings. The summed E-state index contributed by atoms with van der Waals surface area (Å²) in [6.45, 7) is 1.50. The molecule has 0 unspecified atom stereocenters. The van der Waals surface area contributed by atoms with Crippen molar-refractivity contribution in [3.8, 4) is 11.5 Å². The summed E-state index contributed by atoms with van der Waals surface area (Å²) in [4.78, 5) is 23.7. The van der Waals surface area contributed by atoms with Crippen LogP contribution in [-0.2, 0) is 4.79 Å². The van der Waals surface area contributed by atoms with Gasteiger partial charge in [0.1, 0.15) is 0 Å². The zero-order chi connectivity index (χ0) is 20.1. The predicted molar refractivity (Wildman–Crippen MR) is 109 cm³/mol. The van der Waals surface area contributed by atoms with E-state index < -0.39 is 19.6 Å². The molecule has 0 aromatic heterocycles. The summed E-state index contributed by atoms with van der Waals surface area (Å²) in [5.74, 6) is -0.337. The second-order valence-corrected chi connectivity index (χ2v) is 7.24. The Labute approximate surface area is 173 Å². The largest absolute Gasteiger partial charge is 0.493 e. The molecular formula is C17H16BBr2NO6. The first kappa shape index (κ1) is 21.4. The molecule has 2 aromatic carbocycles. The number of benzene rings is 2. The number of anilines is 1. The molecule has 0 fully saturated rings. The number of hydrogen-bond acceptors (Lipinski definition) is 6. The third-order valence-electron chi connectivity index (χ3n) is 3.61. The zero-order valence-corrected chi connectivity index (χ0v) is 17.6. The molecule has 0 radical (unpaired) electrons. The van der Waals surface area contributed by atoms with Crippen LogP contribution in [0.3, 0.4) is 0 Å². The van der Waals surface area contributed by atoms with Crippen LogP contribution in [0.5, 0.6) is 11.5 Å². The number of aryl methyl sites for hydroxylation is 1. The van der Waals surface area contributed by atoms with Crippen molar-refractivity contribution in [3.63, 3.8) is 0 Å². The summed E-state index contributed by atoms with van der Waals surface area (Å²) in [6.07, 6.45) is 0.414. The Morgan fingerprint density at radius 3 is 2.41 bits per heavy atom. The molecule has 0 heterocycles. The zero-order valence-electron chi connectivity index (χ0n) is 14.5. The fraction of sp³-hybridized carbons (Fsp3) is 0.176.